The molecule has 0 bridgehead atoms. The first-order valence-electron chi connectivity index (χ1n) is 5.34. The van der Waals surface area contributed by atoms with Crippen LogP contribution in [0.5, 0.6) is 0 Å². The second-order valence-electron chi connectivity index (χ2n) is 4.10. The largest absolute Gasteiger partial charge is 0.368 e. The summed E-state index contributed by atoms with van der Waals surface area (Å²) in [6.45, 7) is 2.64. The Balaban J connectivity index is 2.16. The van der Waals surface area contributed by atoms with Crippen LogP contribution in [0, 0.1) is 6.92 Å². The van der Waals surface area contributed by atoms with Crippen LogP contribution in [-0.2, 0) is 13.6 Å². The highest BCUT2D eigenvalue weighted by Crippen LogP contribution is 2.14. The summed E-state index contributed by atoms with van der Waals surface area (Å²) in [5.74, 6) is 1.12. The summed E-state index contributed by atoms with van der Waals surface area (Å²) in [6, 6.07) is 1.91. The van der Waals surface area contributed by atoms with Crippen molar-refractivity contribution in [3.8, 4) is 0 Å². The monoisotopic (exact) mass is 232 g/mol. The summed E-state index contributed by atoms with van der Waals surface area (Å²) in [5.41, 5.74) is 7.63. The zero-order chi connectivity index (χ0) is 12.4. The predicted molar refractivity (Wildman–Crippen MR) is 66.5 cm³/mol. The molecule has 2 aromatic heterocycles. The third-order valence-electron chi connectivity index (χ3n) is 2.43. The smallest absolute Gasteiger partial charge is 0.222 e. The third-order valence-corrected chi connectivity index (χ3v) is 2.43. The van der Waals surface area contributed by atoms with E-state index in [1.807, 2.05) is 44.4 Å². The Morgan fingerprint density at radius 2 is 2.18 bits per heavy atom. The molecule has 2 N–H and O–H groups in total. The molecule has 2 heterocycles. The molecule has 2 aromatic rings. The molecule has 0 radical (unpaired) electrons. The Labute approximate surface area is 100 Å². The lowest BCUT2D eigenvalue weighted by Crippen LogP contribution is -2.18. The lowest BCUT2D eigenvalue weighted by atomic mass is 10.3. The molecule has 6 heteroatoms. The third kappa shape index (κ3) is 2.72. The van der Waals surface area contributed by atoms with E-state index in [4.69, 9.17) is 5.73 Å². The van der Waals surface area contributed by atoms with Crippen LogP contribution in [0.25, 0.3) is 0 Å². The van der Waals surface area contributed by atoms with Gasteiger partial charge in [-0.05, 0) is 6.92 Å². The van der Waals surface area contributed by atoms with E-state index in [9.17, 15) is 0 Å². The Morgan fingerprint density at radius 1 is 1.41 bits per heavy atom. The van der Waals surface area contributed by atoms with E-state index in [2.05, 4.69) is 15.1 Å². The number of hydrogen-bond acceptors (Lipinski definition) is 5. The molecule has 0 fully saturated rings. The number of aromatic nitrogens is 4. The van der Waals surface area contributed by atoms with Crippen LogP contribution in [0.3, 0.4) is 0 Å². The molecular formula is C11H16N6. The molecule has 0 saturated carbocycles. The molecule has 0 saturated heterocycles. The lowest BCUT2D eigenvalue weighted by Gasteiger charge is -2.17. The summed E-state index contributed by atoms with van der Waals surface area (Å²) in [5, 5.41) is 4.13. The fourth-order valence-corrected chi connectivity index (χ4v) is 1.68. The Kier molecular flexibility index (Phi) is 2.95. The van der Waals surface area contributed by atoms with E-state index in [1.165, 1.54) is 0 Å². The average Bonchev–Trinajstić information content (AvgIpc) is 2.62. The van der Waals surface area contributed by atoms with E-state index in [0.29, 0.717) is 5.95 Å². The van der Waals surface area contributed by atoms with Crippen molar-refractivity contribution < 1.29 is 0 Å². The number of nitrogen functional groups attached to an aromatic ring is 1. The predicted octanol–water partition coefficient (Wildman–Crippen LogP) is 0.737. The van der Waals surface area contributed by atoms with Crippen molar-refractivity contribution in [2.24, 2.45) is 7.05 Å². The molecule has 2 rings (SSSR count). The van der Waals surface area contributed by atoms with E-state index >= 15 is 0 Å². The zero-order valence-electron chi connectivity index (χ0n) is 10.3. The second kappa shape index (κ2) is 4.40. The zero-order valence-corrected chi connectivity index (χ0v) is 10.3. The van der Waals surface area contributed by atoms with Gasteiger partial charge in [-0.25, -0.2) is 4.98 Å². The van der Waals surface area contributed by atoms with Gasteiger partial charge in [-0.1, -0.05) is 0 Å². The van der Waals surface area contributed by atoms with Gasteiger partial charge in [0.15, 0.2) is 0 Å². The average molecular weight is 232 g/mol. The Hall–Kier alpha value is -2.11. The Bertz CT molecular complexity index is 498. The van der Waals surface area contributed by atoms with Crippen LogP contribution in [0.1, 0.15) is 11.3 Å². The molecule has 0 aliphatic heterocycles. The van der Waals surface area contributed by atoms with Crippen molar-refractivity contribution in [1.82, 2.24) is 19.7 Å². The highest BCUT2D eigenvalue weighted by atomic mass is 15.2. The maximum Gasteiger partial charge on any atom is 0.222 e. The van der Waals surface area contributed by atoms with Crippen molar-refractivity contribution >= 4 is 11.8 Å². The summed E-state index contributed by atoms with van der Waals surface area (Å²) in [7, 11) is 3.87. The summed E-state index contributed by atoms with van der Waals surface area (Å²) < 4.78 is 1.78. The number of nitrogens with two attached hydrogens (primary N) is 1. The van der Waals surface area contributed by atoms with E-state index in [-0.39, 0.29) is 0 Å². The topological polar surface area (TPSA) is 72.9 Å². The van der Waals surface area contributed by atoms with Crippen LogP contribution >= 0.6 is 0 Å². The van der Waals surface area contributed by atoms with Crippen LogP contribution in [0.15, 0.2) is 18.5 Å². The van der Waals surface area contributed by atoms with Gasteiger partial charge in [-0.2, -0.15) is 10.1 Å². The fourth-order valence-electron chi connectivity index (χ4n) is 1.68. The first-order chi connectivity index (χ1) is 8.04. The van der Waals surface area contributed by atoms with Crippen LogP contribution in [-0.4, -0.2) is 26.8 Å². The molecule has 6 nitrogen and oxygen atoms in total. The molecule has 17 heavy (non-hydrogen) atoms. The molecule has 0 aromatic carbocycles. The van der Waals surface area contributed by atoms with Crippen LogP contribution < -0.4 is 10.6 Å². The standard InChI is InChI=1S/C11H16N6/c1-8-4-10(15-11(12)14-8)16(2)6-9-5-13-17(3)7-9/h4-5,7H,6H2,1-3H3,(H2,12,14,15). The fraction of sp³-hybridized carbons (Fsp3) is 0.364. The highest BCUT2D eigenvalue weighted by Gasteiger charge is 2.07. The molecule has 0 aliphatic carbocycles. The van der Waals surface area contributed by atoms with E-state index in [1.54, 1.807) is 4.68 Å². The Morgan fingerprint density at radius 3 is 2.76 bits per heavy atom. The van der Waals surface area contributed by atoms with E-state index in [0.717, 1.165) is 23.6 Å². The summed E-state index contributed by atoms with van der Waals surface area (Å²) in [6.07, 6.45) is 3.82. The summed E-state index contributed by atoms with van der Waals surface area (Å²) in [4.78, 5) is 10.3. The van der Waals surface area contributed by atoms with Gasteiger partial charge in [0.2, 0.25) is 5.95 Å². The lowest BCUT2D eigenvalue weighted by molar-refractivity contribution is 0.766. The van der Waals surface area contributed by atoms with Crippen LogP contribution in [0.4, 0.5) is 11.8 Å². The highest BCUT2D eigenvalue weighted by molar-refractivity contribution is 5.42. The van der Waals surface area contributed by atoms with Gasteiger partial charge in [0, 0.05) is 44.2 Å². The van der Waals surface area contributed by atoms with Crippen molar-refractivity contribution in [2.75, 3.05) is 17.7 Å². The van der Waals surface area contributed by atoms with Crippen molar-refractivity contribution in [3.63, 3.8) is 0 Å². The van der Waals surface area contributed by atoms with Crippen LogP contribution in [0.2, 0.25) is 0 Å². The number of nitrogens with zero attached hydrogens (tertiary/aromatic N) is 5. The quantitative estimate of drug-likeness (QED) is 0.844. The molecular weight excluding hydrogens is 216 g/mol. The number of anilines is 2. The minimum absolute atomic E-state index is 0.304. The van der Waals surface area contributed by atoms with Crippen molar-refractivity contribution in [1.29, 1.82) is 0 Å². The van der Waals surface area contributed by atoms with Gasteiger partial charge >= 0.3 is 0 Å². The molecule has 90 valence electrons. The number of hydrogen-bond donors (Lipinski definition) is 1. The first kappa shape index (κ1) is 11.4. The molecule has 0 unspecified atom stereocenters. The molecule has 0 atom stereocenters. The first-order valence-corrected chi connectivity index (χ1v) is 5.34. The SMILES string of the molecule is Cc1cc(N(C)Cc2cnn(C)c2)nc(N)n1. The van der Waals surface area contributed by atoms with Gasteiger partial charge in [-0.15, -0.1) is 0 Å². The van der Waals surface area contributed by atoms with Crippen molar-refractivity contribution in [2.45, 2.75) is 13.5 Å². The van der Waals surface area contributed by atoms with Gasteiger partial charge in [0.1, 0.15) is 5.82 Å². The minimum Gasteiger partial charge on any atom is -0.368 e. The minimum atomic E-state index is 0.304. The van der Waals surface area contributed by atoms with E-state index < -0.39 is 0 Å². The molecule has 0 amide bonds. The van der Waals surface area contributed by atoms with Gasteiger partial charge in [0.05, 0.1) is 6.20 Å². The normalized spacial score (nSPS) is 10.5. The van der Waals surface area contributed by atoms with Gasteiger partial charge in [-0.3, -0.25) is 4.68 Å². The maximum absolute atomic E-state index is 5.63. The van der Waals surface area contributed by atoms with Crippen molar-refractivity contribution in [3.05, 3.63) is 29.7 Å². The van der Waals surface area contributed by atoms with Gasteiger partial charge in [0.25, 0.3) is 0 Å². The second-order valence-corrected chi connectivity index (χ2v) is 4.10. The molecule has 0 spiro atoms. The van der Waals surface area contributed by atoms with Gasteiger partial charge < -0.3 is 10.6 Å². The molecule has 0 aliphatic rings. The number of rotatable bonds is 3. The summed E-state index contributed by atoms with van der Waals surface area (Å²) >= 11 is 0. The number of aryl methyl sites for hydroxylation is 2. The maximum atomic E-state index is 5.63.